The van der Waals surface area contributed by atoms with Crippen molar-refractivity contribution in [1.29, 1.82) is 0 Å². The minimum absolute atomic E-state index is 0.0204. The maximum absolute atomic E-state index is 5.78. The molecule has 0 aliphatic rings. The van der Waals surface area contributed by atoms with Crippen molar-refractivity contribution in [2.24, 2.45) is 5.84 Å². The lowest BCUT2D eigenvalue weighted by atomic mass is 9.92. The van der Waals surface area contributed by atoms with Crippen LogP contribution in [0.1, 0.15) is 46.5 Å². The molecule has 0 aliphatic carbocycles. The monoisotopic (exact) mass is 258 g/mol. The molecule has 0 radical (unpaired) electrons. The van der Waals surface area contributed by atoms with E-state index in [4.69, 9.17) is 10.3 Å². The van der Waals surface area contributed by atoms with Gasteiger partial charge in [0.25, 0.3) is 0 Å². The Hall–Kier alpha value is -1.58. The van der Waals surface area contributed by atoms with E-state index in [2.05, 4.69) is 45.3 Å². The van der Waals surface area contributed by atoms with E-state index in [1.165, 1.54) is 22.3 Å². The van der Waals surface area contributed by atoms with E-state index in [0.29, 0.717) is 0 Å². The van der Waals surface area contributed by atoms with E-state index in [1.807, 2.05) is 6.07 Å². The molecule has 0 fully saturated rings. The van der Waals surface area contributed by atoms with Gasteiger partial charge in [0.05, 0.1) is 12.3 Å². The van der Waals surface area contributed by atoms with E-state index < -0.39 is 0 Å². The maximum atomic E-state index is 5.78. The summed E-state index contributed by atoms with van der Waals surface area (Å²) in [5, 5.41) is 0. The Balaban J connectivity index is 2.51. The second-order valence-electron chi connectivity index (χ2n) is 5.05. The molecule has 0 saturated carbocycles. The van der Waals surface area contributed by atoms with E-state index >= 15 is 0 Å². The summed E-state index contributed by atoms with van der Waals surface area (Å²) in [5.74, 6) is 6.77. The van der Waals surface area contributed by atoms with E-state index in [9.17, 15) is 0 Å². The lowest BCUT2D eigenvalue weighted by Gasteiger charge is -2.20. The Morgan fingerprint density at radius 1 is 1.11 bits per heavy atom. The number of nitrogens with two attached hydrogens (primary N) is 1. The highest BCUT2D eigenvalue weighted by Crippen LogP contribution is 2.29. The first kappa shape index (κ1) is 13.8. The van der Waals surface area contributed by atoms with Gasteiger partial charge in [-0.05, 0) is 49.1 Å². The normalized spacial score (nSPS) is 12.7. The molecule has 1 aromatic carbocycles. The Morgan fingerprint density at radius 2 is 1.79 bits per heavy atom. The molecule has 0 amide bonds. The minimum atomic E-state index is -0.0204. The molecular formula is C16H22N2O. The van der Waals surface area contributed by atoms with Gasteiger partial charge in [-0.25, -0.2) is 5.43 Å². The van der Waals surface area contributed by atoms with Crippen LogP contribution in [0, 0.1) is 20.8 Å². The summed E-state index contributed by atoms with van der Waals surface area (Å²) in [5.41, 5.74) is 9.08. The molecule has 0 bridgehead atoms. The standard InChI is InChI=1S/C16H22N2O/c1-5-15-13(6-7-19-15)16(18-17)14-9-11(3)10(2)8-12(14)4/h6-9,16,18H,5,17H2,1-4H3. The highest BCUT2D eigenvalue weighted by atomic mass is 16.3. The van der Waals surface area contributed by atoms with Gasteiger partial charge in [-0.2, -0.15) is 0 Å². The van der Waals surface area contributed by atoms with Crippen LogP contribution < -0.4 is 11.3 Å². The third-order valence-electron chi connectivity index (χ3n) is 3.77. The van der Waals surface area contributed by atoms with Crippen LogP contribution in [0.4, 0.5) is 0 Å². The van der Waals surface area contributed by atoms with Gasteiger partial charge < -0.3 is 4.42 Å². The van der Waals surface area contributed by atoms with Gasteiger partial charge in [-0.3, -0.25) is 5.84 Å². The molecule has 0 saturated heterocycles. The summed E-state index contributed by atoms with van der Waals surface area (Å²) in [6.45, 7) is 8.47. The SMILES string of the molecule is CCc1occc1C(NN)c1cc(C)c(C)cc1C. The first-order chi connectivity index (χ1) is 9.08. The minimum Gasteiger partial charge on any atom is -0.469 e. The van der Waals surface area contributed by atoms with Gasteiger partial charge in [0, 0.05) is 12.0 Å². The zero-order valence-corrected chi connectivity index (χ0v) is 12.1. The van der Waals surface area contributed by atoms with Crippen LogP contribution in [-0.2, 0) is 6.42 Å². The molecule has 3 N–H and O–H groups in total. The van der Waals surface area contributed by atoms with Crippen LogP contribution in [0.25, 0.3) is 0 Å². The van der Waals surface area contributed by atoms with Gasteiger partial charge in [0.2, 0.25) is 0 Å². The van der Waals surface area contributed by atoms with Crippen molar-refractivity contribution in [3.63, 3.8) is 0 Å². The fraction of sp³-hybridized carbons (Fsp3) is 0.375. The first-order valence-electron chi connectivity index (χ1n) is 6.68. The maximum Gasteiger partial charge on any atom is 0.108 e. The van der Waals surface area contributed by atoms with Crippen molar-refractivity contribution in [3.8, 4) is 0 Å². The molecule has 19 heavy (non-hydrogen) atoms. The van der Waals surface area contributed by atoms with Crippen molar-refractivity contribution >= 4 is 0 Å². The summed E-state index contributed by atoms with van der Waals surface area (Å²) in [4.78, 5) is 0. The van der Waals surface area contributed by atoms with Crippen molar-refractivity contribution in [1.82, 2.24) is 5.43 Å². The molecular weight excluding hydrogens is 236 g/mol. The quantitative estimate of drug-likeness (QED) is 0.653. The van der Waals surface area contributed by atoms with E-state index in [0.717, 1.165) is 17.7 Å². The average Bonchev–Trinajstić information content (AvgIpc) is 2.84. The summed E-state index contributed by atoms with van der Waals surface area (Å²) in [7, 11) is 0. The molecule has 1 heterocycles. The summed E-state index contributed by atoms with van der Waals surface area (Å²) >= 11 is 0. The lowest BCUT2D eigenvalue weighted by molar-refractivity contribution is 0.502. The van der Waals surface area contributed by atoms with Crippen molar-refractivity contribution < 1.29 is 4.42 Å². The molecule has 1 unspecified atom stereocenters. The molecule has 0 aliphatic heterocycles. The van der Waals surface area contributed by atoms with Crippen LogP contribution in [0.3, 0.4) is 0 Å². The van der Waals surface area contributed by atoms with Crippen LogP contribution in [-0.4, -0.2) is 0 Å². The van der Waals surface area contributed by atoms with E-state index in [-0.39, 0.29) is 6.04 Å². The zero-order valence-electron chi connectivity index (χ0n) is 12.1. The average molecular weight is 258 g/mol. The van der Waals surface area contributed by atoms with Gasteiger partial charge in [-0.15, -0.1) is 0 Å². The van der Waals surface area contributed by atoms with Crippen molar-refractivity contribution in [3.05, 3.63) is 58.0 Å². The van der Waals surface area contributed by atoms with Crippen molar-refractivity contribution in [2.45, 2.75) is 40.2 Å². The molecule has 3 nitrogen and oxygen atoms in total. The predicted molar refractivity (Wildman–Crippen MR) is 77.9 cm³/mol. The molecule has 3 heteroatoms. The molecule has 0 spiro atoms. The number of rotatable bonds is 4. The summed E-state index contributed by atoms with van der Waals surface area (Å²) in [6, 6.07) is 6.40. The predicted octanol–water partition coefficient (Wildman–Crippen LogP) is 3.32. The fourth-order valence-electron chi connectivity index (χ4n) is 2.54. The second-order valence-corrected chi connectivity index (χ2v) is 5.05. The summed E-state index contributed by atoms with van der Waals surface area (Å²) in [6.07, 6.45) is 2.60. The van der Waals surface area contributed by atoms with E-state index in [1.54, 1.807) is 6.26 Å². The molecule has 1 atom stereocenters. The Bertz CT molecular complexity index is 572. The Labute approximate surface area is 114 Å². The number of hydrogen-bond acceptors (Lipinski definition) is 3. The van der Waals surface area contributed by atoms with Crippen LogP contribution in [0.2, 0.25) is 0 Å². The van der Waals surface area contributed by atoms with Gasteiger partial charge in [0.15, 0.2) is 0 Å². The van der Waals surface area contributed by atoms with Crippen LogP contribution in [0.5, 0.6) is 0 Å². The molecule has 2 rings (SSSR count). The third-order valence-corrected chi connectivity index (χ3v) is 3.77. The number of nitrogens with one attached hydrogen (secondary N) is 1. The molecule has 102 valence electrons. The van der Waals surface area contributed by atoms with Gasteiger partial charge in [0.1, 0.15) is 5.76 Å². The Morgan fingerprint density at radius 3 is 2.42 bits per heavy atom. The third kappa shape index (κ3) is 2.57. The van der Waals surface area contributed by atoms with Gasteiger partial charge in [-0.1, -0.05) is 19.1 Å². The lowest BCUT2D eigenvalue weighted by Crippen LogP contribution is -2.29. The number of hydrogen-bond donors (Lipinski definition) is 2. The summed E-state index contributed by atoms with van der Waals surface area (Å²) < 4.78 is 5.52. The Kier molecular flexibility index (Phi) is 4.08. The first-order valence-corrected chi connectivity index (χ1v) is 6.68. The van der Waals surface area contributed by atoms with Crippen molar-refractivity contribution in [2.75, 3.05) is 0 Å². The fourth-order valence-corrected chi connectivity index (χ4v) is 2.54. The number of aryl methyl sites for hydroxylation is 4. The largest absolute Gasteiger partial charge is 0.469 e. The zero-order chi connectivity index (χ0) is 14.0. The number of benzene rings is 1. The second kappa shape index (κ2) is 5.59. The number of hydrazine groups is 1. The molecule has 2 aromatic rings. The topological polar surface area (TPSA) is 51.2 Å². The smallest absolute Gasteiger partial charge is 0.108 e. The molecule has 1 aromatic heterocycles. The van der Waals surface area contributed by atoms with Gasteiger partial charge >= 0.3 is 0 Å². The van der Waals surface area contributed by atoms with Crippen LogP contribution in [0.15, 0.2) is 28.9 Å². The van der Waals surface area contributed by atoms with Crippen LogP contribution >= 0.6 is 0 Å². The highest BCUT2D eigenvalue weighted by molar-refractivity contribution is 5.43. The highest BCUT2D eigenvalue weighted by Gasteiger charge is 2.20. The number of furan rings is 1.